The van der Waals surface area contributed by atoms with E-state index >= 15 is 0 Å². The highest BCUT2D eigenvalue weighted by Crippen LogP contribution is 2.26. The van der Waals surface area contributed by atoms with Crippen LogP contribution in [0.4, 0.5) is 0 Å². The highest BCUT2D eigenvalue weighted by Gasteiger charge is 2.34. The molecule has 1 saturated carbocycles. The molecule has 0 atom stereocenters. The van der Waals surface area contributed by atoms with Crippen LogP contribution < -0.4 is 5.73 Å². The Labute approximate surface area is 93.6 Å². The third-order valence-corrected chi connectivity index (χ3v) is 3.93. The Morgan fingerprint density at radius 3 is 1.93 bits per heavy atom. The van der Waals surface area contributed by atoms with Crippen molar-refractivity contribution in [3.63, 3.8) is 0 Å². The lowest BCUT2D eigenvalue weighted by Gasteiger charge is -2.48. The van der Waals surface area contributed by atoms with Gasteiger partial charge in [0.05, 0.1) is 0 Å². The minimum absolute atomic E-state index is 0.335. The molecule has 2 rings (SSSR count). The Kier molecular flexibility index (Phi) is 3.06. The molecule has 0 aromatic rings. The number of hydrogen-bond acceptors (Lipinski definition) is 3. The Morgan fingerprint density at radius 2 is 1.53 bits per heavy atom. The summed E-state index contributed by atoms with van der Waals surface area (Å²) in [5.74, 6) is 0. The summed E-state index contributed by atoms with van der Waals surface area (Å²) >= 11 is 0. The van der Waals surface area contributed by atoms with Crippen LogP contribution in [0.1, 0.15) is 33.6 Å². The highest BCUT2D eigenvalue weighted by molar-refractivity contribution is 4.92. The van der Waals surface area contributed by atoms with Crippen LogP contribution in [0.15, 0.2) is 0 Å². The maximum atomic E-state index is 5.84. The molecule has 0 amide bonds. The van der Waals surface area contributed by atoms with Crippen LogP contribution in [0.5, 0.6) is 0 Å². The van der Waals surface area contributed by atoms with Crippen molar-refractivity contribution in [1.82, 2.24) is 9.80 Å². The molecule has 3 heteroatoms. The van der Waals surface area contributed by atoms with E-state index in [9.17, 15) is 0 Å². The second-order valence-electron chi connectivity index (χ2n) is 6.08. The summed E-state index contributed by atoms with van der Waals surface area (Å²) in [6.45, 7) is 11.8. The molecule has 1 aliphatic carbocycles. The third kappa shape index (κ3) is 2.52. The fourth-order valence-electron chi connectivity index (χ4n) is 2.69. The minimum Gasteiger partial charge on any atom is -0.328 e. The predicted octanol–water partition coefficient (Wildman–Crippen LogP) is 0.892. The van der Waals surface area contributed by atoms with Crippen molar-refractivity contribution in [1.29, 1.82) is 0 Å². The summed E-state index contributed by atoms with van der Waals surface area (Å²) in [5.41, 5.74) is 6.17. The van der Waals surface area contributed by atoms with E-state index in [4.69, 9.17) is 5.73 Å². The van der Waals surface area contributed by atoms with Crippen molar-refractivity contribution in [2.24, 2.45) is 5.73 Å². The number of nitrogens with zero attached hydrogens (tertiary/aromatic N) is 2. The van der Waals surface area contributed by atoms with Crippen LogP contribution in [-0.2, 0) is 0 Å². The van der Waals surface area contributed by atoms with Gasteiger partial charge in [0.2, 0.25) is 0 Å². The normalized spacial score (nSPS) is 35.2. The van der Waals surface area contributed by atoms with Crippen LogP contribution in [-0.4, -0.2) is 53.6 Å². The van der Waals surface area contributed by atoms with Gasteiger partial charge in [-0.2, -0.15) is 0 Å². The van der Waals surface area contributed by atoms with Crippen LogP contribution in [0, 0.1) is 0 Å². The maximum absolute atomic E-state index is 5.84. The predicted molar refractivity (Wildman–Crippen MR) is 63.9 cm³/mol. The standard InChI is InChI=1S/C12H25N3/c1-12(2,3)15-6-4-14(5-7-15)11-8-10(13)9-11/h10-11H,4-9,13H2,1-3H3. The van der Waals surface area contributed by atoms with E-state index in [1.54, 1.807) is 0 Å². The van der Waals surface area contributed by atoms with Gasteiger partial charge >= 0.3 is 0 Å². The van der Waals surface area contributed by atoms with Crippen LogP contribution >= 0.6 is 0 Å². The first-order chi connectivity index (χ1) is 6.97. The van der Waals surface area contributed by atoms with Crippen molar-refractivity contribution >= 4 is 0 Å². The van der Waals surface area contributed by atoms with Gasteiger partial charge in [-0.15, -0.1) is 0 Å². The third-order valence-electron chi connectivity index (χ3n) is 3.93. The lowest BCUT2D eigenvalue weighted by Crippen LogP contribution is -2.59. The quantitative estimate of drug-likeness (QED) is 0.699. The van der Waals surface area contributed by atoms with Gasteiger partial charge in [-0.05, 0) is 33.6 Å². The monoisotopic (exact) mass is 211 g/mol. The Balaban J connectivity index is 1.77. The summed E-state index contributed by atoms with van der Waals surface area (Å²) < 4.78 is 0. The van der Waals surface area contributed by atoms with E-state index in [-0.39, 0.29) is 0 Å². The molecule has 0 spiro atoms. The first-order valence-corrected chi connectivity index (χ1v) is 6.21. The lowest BCUT2D eigenvalue weighted by atomic mass is 9.86. The first kappa shape index (κ1) is 11.4. The van der Waals surface area contributed by atoms with Gasteiger partial charge < -0.3 is 5.73 Å². The van der Waals surface area contributed by atoms with E-state index < -0.39 is 0 Å². The summed E-state index contributed by atoms with van der Waals surface area (Å²) in [5, 5.41) is 0. The fraction of sp³-hybridized carbons (Fsp3) is 1.00. The topological polar surface area (TPSA) is 32.5 Å². The molecule has 1 saturated heterocycles. The minimum atomic E-state index is 0.335. The molecule has 0 aromatic heterocycles. The van der Waals surface area contributed by atoms with Gasteiger partial charge in [-0.25, -0.2) is 0 Å². The van der Waals surface area contributed by atoms with Gasteiger partial charge in [-0.1, -0.05) is 0 Å². The molecule has 3 nitrogen and oxygen atoms in total. The second-order valence-corrected chi connectivity index (χ2v) is 6.08. The molecule has 2 fully saturated rings. The first-order valence-electron chi connectivity index (χ1n) is 6.21. The number of piperazine rings is 1. The zero-order chi connectivity index (χ0) is 11.1. The summed E-state index contributed by atoms with van der Waals surface area (Å²) in [6, 6.07) is 1.28. The Bertz CT molecular complexity index is 207. The van der Waals surface area contributed by atoms with E-state index in [0.717, 1.165) is 6.04 Å². The molecule has 1 aliphatic heterocycles. The molecule has 88 valence electrons. The van der Waals surface area contributed by atoms with Crippen LogP contribution in [0.3, 0.4) is 0 Å². The summed E-state index contributed by atoms with van der Waals surface area (Å²) in [7, 11) is 0. The van der Waals surface area contributed by atoms with Gasteiger partial charge in [-0.3, -0.25) is 9.80 Å². The van der Waals surface area contributed by atoms with E-state index in [1.165, 1.54) is 39.0 Å². The Morgan fingerprint density at radius 1 is 1.00 bits per heavy atom. The summed E-state index contributed by atoms with van der Waals surface area (Å²) in [4.78, 5) is 5.22. The van der Waals surface area contributed by atoms with Gasteiger partial charge in [0.1, 0.15) is 0 Å². The Hall–Kier alpha value is -0.120. The zero-order valence-electron chi connectivity index (χ0n) is 10.4. The molecule has 15 heavy (non-hydrogen) atoms. The highest BCUT2D eigenvalue weighted by atomic mass is 15.3. The van der Waals surface area contributed by atoms with Gasteiger partial charge in [0.15, 0.2) is 0 Å². The average molecular weight is 211 g/mol. The molecular formula is C12H25N3. The number of nitrogens with two attached hydrogens (primary N) is 1. The van der Waals surface area contributed by atoms with E-state index in [1.807, 2.05) is 0 Å². The molecule has 0 unspecified atom stereocenters. The van der Waals surface area contributed by atoms with Crippen LogP contribution in [0.25, 0.3) is 0 Å². The lowest BCUT2D eigenvalue weighted by molar-refractivity contribution is 0.0173. The van der Waals surface area contributed by atoms with Crippen LogP contribution in [0.2, 0.25) is 0 Å². The van der Waals surface area contributed by atoms with Crippen molar-refractivity contribution in [3.05, 3.63) is 0 Å². The van der Waals surface area contributed by atoms with Crippen molar-refractivity contribution < 1.29 is 0 Å². The molecule has 0 aromatic carbocycles. The molecule has 0 radical (unpaired) electrons. The van der Waals surface area contributed by atoms with E-state index in [2.05, 4.69) is 30.6 Å². The maximum Gasteiger partial charge on any atom is 0.0126 e. The van der Waals surface area contributed by atoms with Gasteiger partial charge in [0.25, 0.3) is 0 Å². The van der Waals surface area contributed by atoms with Crippen molar-refractivity contribution in [2.45, 2.75) is 51.2 Å². The molecular weight excluding hydrogens is 186 g/mol. The average Bonchev–Trinajstić information content (AvgIpc) is 2.12. The molecule has 1 heterocycles. The molecule has 2 N–H and O–H groups in total. The van der Waals surface area contributed by atoms with E-state index in [0.29, 0.717) is 11.6 Å². The fourth-order valence-corrected chi connectivity index (χ4v) is 2.69. The molecule has 0 bridgehead atoms. The van der Waals surface area contributed by atoms with Gasteiger partial charge in [0, 0.05) is 43.8 Å². The molecule has 2 aliphatic rings. The second kappa shape index (κ2) is 4.04. The largest absolute Gasteiger partial charge is 0.328 e. The summed E-state index contributed by atoms with van der Waals surface area (Å²) in [6.07, 6.45) is 2.44. The van der Waals surface area contributed by atoms with Crippen molar-refractivity contribution in [2.75, 3.05) is 26.2 Å². The SMILES string of the molecule is CC(C)(C)N1CCN(C2CC(N)C2)CC1. The zero-order valence-corrected chi connectivity index (χ0v) is 10.4. The number of hydrogen-bond donors (Lipinski definition) is 1. The number of rotatable bonds is 1. The van der Waals surface area contributed by atoms with Crippen molar-refractivity contribution in [3.8, 4) is 0 Å². The smallest absolute Gasteiger partial charge is 0.0126 e.